The van der Waals surface area contributed by atoms with Gasteiger partial charge in [0.15, 0.2) is 0 Å². The standard InChI is InChI=1S/C20H34N4O3/c21-12-6-4-10-17(14-24-19(25)18(23)11-5-7-13-22)20(26)27-15-16-8-2-1-3-9-16/h1-3,8-9,17-18H,4-7,10-15,21-23H2,(H,24,25)/t17-,18+/m1/s1. The van der Waals surface area contributed by atoms with Crippen LogP contribution in [0.25, 0.3) is 0 Å². The number of carbonyl (C=O) groups is 2. The van der Waals surface area contributed by atoms with Crippen molar-refractivity contribution in [3.63, 3.8) is 0 Å². The van der Waals surface area contributed by atoms with Gasteiger partial charge in [0.25, 0.3) is 0 Å². The van der Waals surface area contributed by atoms with E-state index in [2.05, 4.69) is 5.32 Å². The Morgan fingerprint density at radius 3 is 2.22 bits per heavy atom. The molecule has 0 saturated carbocycles. The van der Waals surface area contributed by atoms with Gasteiger partial charge in [0.2, 0.25) is 5.91 Å². The third-order valence-corrected chi connectivity index (χ3v) is 4.39. The van der Waals surface area contributed by atoms with E-state index in [1.54, 1.807) is 0 Å². The van der Waals surface area contributed by atoms with Crippen LogP contribution in [-0.2, 0) is 20.9 Å². The molecule has 27 heavy (non-hydrogen) atoms. The molecule has 1 rings (SSSR count). The molecule has 1 aromatic rings. The fourth-order valence-electron chi connectivity index (χ4n) is 2.68. The van der Waals surface area contributed by atoms with Crippen LogP contribution in [0.15, 0.2) is 30.3 Å². The van der Waals surface area contributed by atoms with Gasteiger partial charge in [-0.3, -0.25) is 9.59 Å². The summed E-state index contributed by atoms with van der Waals surface area (Å²) in [5.41, 5.74) is 17.8. The van der Waals surface area contributed by atoms with Crippen LogP contribution in [0, 0.1) is 5.92 Å². The van der Waals surface area contributed by atoms with Crippen molar-refractivity contribution in [1.82, 2.24) is 5.32 Å². The molecule has 0 fully saturated rings. The molecule has 2 atom stereocenters. The van der Waals surface area contributed by atoms with Crippen molar-refractivity contribution in [3.05, 3.63) is 35.9 Å². The third-order valence-electron chi connectivity index (χ3n) is 4.39. The van der Waals surface area contributed by atoms with Crippen molar-refractivity contribution in [2.45, 2.75) is 51.2 Å². The number of hydrogen-bond acceptors (Lipinski definition) is 6. The third kappa shape index (κ3) is 10.1. The summed E-state index contributed by atoms with van der Waals surface area (Å²) in [5, 5.41) is 2.79. The van der Waals surface area contributed by atoms with Gasteiger partial charge in [-0.25, -0.2) is 0 Å². The summed E-state index contributed by atoms with van der Waals surface area (Å²) < 4.78 is 5.43. The van der Waals surface area contributed by atoms with Gasteiger partial charge in [-0.2, -0.15) is 0 Å². The maximum atomic E-state index is 12.5. The van der Waals surface area contributed by atoms with E-state index in [0.29, 0.717) is 25.9 Å². The van der Waals surface area contributed by atoms with Crippen molar-refractivity contribution in [2.75, 3.05) is 19.6 Å². The molecule has 7 heteroatoms. The number of hydrogen-bond donors (Lipinski definition) is 4. The summed E-state index contributed by atoms with van der Waals surface area (Å²) >= 11 is 0. The van der Waals surface area contributed by atoms with E-state index in [0.717, 1.165) is 31.2 Å². The zero-order valence-corrected chi connectivity index (χ0v) is 16.1. The number of carbonyl (C=O) groups excluding carboxylic acids is 2. The molecule has 0 aliphatic rings. The van der Waals surface area contributed by atoms with Gasteiger partial charge in [0.05, 0.1) is 12.0 Å². The topological polar surface area (TPSA) is 133 Å². The first-order valence-electron chi connectivity index (χ1n) is 9.72. The largest absolute Gasteiger partial charge is 0.461 e. The lowest BCUT2D eigenvalue weighted by Gasteiger charge is -2.18. The Hall–Kier alpha value is -1.96. The molecule has 0 bridgehead atoms. The van der Waals surface area contributed by atoms with Crippen molar-refractivity contribution in [3.8, 4) is 0 Å². The van der Waals surface area contributed by atoms with Crippen LogP contribution in [0.2, 0.25) is 0 Å². The van der Waals surface area contributed by atoms with Crippen molar-refractivity contribution >= 4 is 11.9 Å². The second-order valence-electron chi connectivity index (χ2n) is 6.71. The number of rotatable bonds is 14. The lowest BCUT2D eigenvalue weighted by molar-refractivity contribution is -0.150. The molecule has 0 unspecified atom stereocenters. The van der Waals surface area contributed by atoms with E-state index in [1.165, 1.54) is 0 Å². The molecule has 0 aliphatic carbocycles. The van der Waals surface area contributed by atoms with E-state index >= 15 is 0 Å². The van der Waals surface area contributed by atoms with Crippen LogP contribution in [0.4, 0.5) is 0 Å². The van der Waals surface area contributed by atoms with E-state index in [4.69, 9.17) is 21.9 Å². The van der Waals surface area contributed by atoms with Crippen molar-refractivity contribution in [1.29, 1.82) is 0 Å². The molecule has 0 spiro atoms. The van der Waals surface area contributed by atoms with E-state index in [9.17, 15) is 9.59 Å². The van der Waals surface area contributed by atoms with Gasteiger partial charge >= 0.3 is 5.97 Å². The molecular weight excluding hydrogens is 344 g/mol. The average molecular weight is 379 g/mol. The molecule has 152 valence electrons. The normalized spacial score (nSPS) is 13.0. The summed E-state index contributed by atoms with van der Waals surface area (Å²) in [4.78, 5) is 24.6. The number of ether oxygens (including phenoxy) is 1. The fraction of sp³-hybridized carbons (Fsp3) is 0.600. The predicted octanol–water partition coefficient (Wildman–Crippen LogP) is 1.05. The molecule has 0 aromatic heterocycles. The number of nitrogens with two attached hydrogens (primary N) is 3. The summed E-state index contributed by atoms with van der Waals surface area (Å²) in [7, 11) is 0. The number of nitrogens with one attached hydrogen (secondary N) is 1. The lowest BCUT2D eigenvalue weighted by atomic mass is 10.0. The van der Waals surface area contributed by atoms with E-state index in [-0.39, 0.29) is 25.0 Å². The Kier molecular flexibility index (Phi) is 12.1. The number of amides is 1. The van der Waals surface area contributed by atoms with Crippen LogP contribution < -0.4 is 22.5 Å². The zero-order valence-electron chi connectivity index (χ0n) is 16.1. The molecule has 7 N–H and O–H groups in total. The SMILES string of the molecule is NCCCC[C@H](CNC(=O)[C@@H](N)CCCCN)C(=O)OCc1ccccc1. The Morgan fingerprint density at radius 1 is 0.963 bits per heavy atom. The van der Waals surface area contributed by atoms with E-state index in [1.807, 2.05) is 30.3 Å². The molecule has 0 aliphatic heterocycles. The molecule has 0 heterocycles. The lowest BCUT2D eigenvalue weighted by Crippen LogP contribution is -2.43. The van der Waals surface area contributed by atoms with E-state index < -0.39 is 12.0 Å². The van der Waals surface area contributed by atoms with Gasteiger partial charge in [0.1, 0.15) is 6.61 Å². The Balaban J connectivity index is 2.49. The molecule has 7 nitrogen and oxygen atoms in total. The minimum absolute atomic E-state index is 0.222. The smallest absolute Gasteiger partial charge is 0.311 e. The van der Waals surface area contributed by atoms with Crippen LogP contribution in [-0.4, -0.2) is 37.6 Å². The molecule has 0 radical (unpaired) electrons. The average Bonchev–Trinajstić information content (AvgIpc) is 2.69. The highest BCUT2D eigenvalue weighted by molar-refractivity contribution is 5.82. The second-order valence-corrected chi connectivity index (χ2v) is 6.71. The first kappa shape index (κ1) is 23.1. The number of benzene rings is 1. The highest BCUT2D eigenvalue weighted by Gasteiger charge is 2.22. The van der Waals surface area contributed by atoms with Gasteiger partial charge < -0.3 is 27.3 Å². The maximum absolute atomic E-state index is 12.5. The van der Waals surface area contributed by atoms with Crippen LogP contribution in [0.3, 0.4) is 0 Å². The summed E-state index contributed by atoms with van der Waals surface area (Å²) in [6, 6.07) is 8.93. The minimum atomic E-state index is -0.582. The van der Waals surface area contributed by atoms with Crippen LogP contribution >= 0.6 is 0 Å². The highest BCUT2D eigenvalue weighted by atomic mass is 16.5. The quantitative estimate of drug-likeness (QED) is 0.282. The Bertz CT molecular complexity index is 539. The summed E-state index contributed by atoms with van der Waals surface area (Å²) in [6.07, 6.45) is 4.49. The van der Waals surface area contributed by atoms with Crippen LogP contribution in [0.5, 0.6) is 0 Å². The first-order valence-corrected chi connectivity index (χ1v) is 9.72. The zero-order chi connectivity index (χ0) is 19.9. The van der Waals surface area contributed by atoms with Crippen molar-refractivity contribution in [2.24, 2.45) is 23.1 Å². The van der Waals surface area contributed by atoms with Crippen molar-refractivity contribution < 1.29 is 14.3 Å². The monoisotopic (exact) mass is 378 g/mol. The van der Waals surface area contributed by atoms with Gasteiger partial charge in [-0.05, 0) is 44.3 Å². The minimum Gasteiger partial charge on any atom is -0.461 e. The number of esters is 1. The van der Waals surface area contributed by atoms with Gasteiger partial charge in [-0.15, -0.1) is 0 Å². The second kappa shape index (κ2) is 14.1. The summed E-state index contributed by atoms with van der Waals surface area (Å²) in [6.45, 7) is 1.61. The fourth-order valence-corrected chi connectivity index (χ4v) is 2.68. The summed E-state index contributed by atoms with van der Waals surface area (Å²) in [5.74, 6) is -0.958. The maximum Gasteiger partial charge on any atom is 0.311 e. The molecular formula is C20H34N4O3. The molecule has 0 saturated heterocycles. The molecule has 1 aromatic carbocycles. The first-order chi connectivity index (χ1) is 13.1. The highest BCUT2D eigenvalue weighted by Crippen LogP contribution is 2.12. The van der Waals surface area contributed by atoms with Gasteiger partial charge in [-0.1, -0.05) is 43.2 Å². The van der Waals surface area contributed by atoms with Crippen LogP contribution in [0.1, 0.15) is 44.1 Å². The van der Waals surface area contributed by atoms with Gasteiger partial charge in [0, 0.05) is 6.54 Å². The Labute approximate surface area is 162 Å². The Morgan fingerprint density at radius 2 is 1.59 bits per heavy atom. The predicted molar refractivity (Wildman–Crippen MR) is 107 cm³/mol. The number of unbranched alkanes of at least 4 members (excludes halogenated alkanes) is 2. The molecule has 1 amide bonds.